The number of rotatable bonds is 15. The Morgan fingerprint density at radius 2 is 1.76 bits per heavy atom. The Morgan fingerprint density at radius 1 is 1.03 bits per heavy atom. The average Bonchev–Trinajstić information content (AvgIpc) is 2.92. The summed E-state index contributed by atoms with van der Waals surface area (Å²) >= 11 is 0. The summed E-state index contributed by atoms with van der Waals surface area (Å²) in [6.07, 6.45) is 8.41. The first-order valence-electron chi connectivity index (χ1n) is 13.7. The van der Waals surface area contributed by atoms with Crippen LogP contribution in [0.3, 0.4) is 0 Å². The molecule has 1 amide bonds. The molecule has 1 fully saturated rings. The molecule has 0 bridgehead atoms. The molecule has 1 unspecified atom stereocenters. The molecule has 208 valence electrons. The van der Waals surface area contributed by atoms with Crippen molar-refractivity contribution in [1.82, 2.24) is 4.90 Å². The van der Waals surface area contributed by atoms with Crippen LogP contribution < -0.4 is 9.47 Å². The van der Waals surface area contributed by atoms with Gasteiger partial charge in [0.25, 0.3) is 0 Å². The fourth-order valence-corrected chi connectivity index (χ4v) is 4.82. The highest BCUT2D eigenvalue weighted by Crippen LogP contribution is 2.27. The van der Waals surface area contributed by atoms with Crippen molar-refractivity contribution in [2.45, 2.75) is 70.8 Å². The number of carboxylic acid groups (broad SMARTS) is 1. The van der Waals surface area contributed by atoms with E-state index in [4.69, 9.17) is 14.2 Å². The molecule has 1 aliphatic carbocycles. The number of nitrogens with zero attached hydrogens (tertiary/aromatic N) is 1. The van der Waals surface area contributed by atoms with Gasteiger partial charge in [0.1, 0.15) is 12.4 Å². The fraction of sp³-hybridized carbons (Fsp3) is 0.533. The van der Waals surface area contributed by atoms with E-state index in [1.54, 1.807) is 48.2 Å². The lowest BCUT2D eigenvalue weighted by Crippen LogP contribution is -2.37. The van der Waals surface area contributed by atoms with Gasteiger partial charge in [-0.25, -0.2) is 14.0 Å². The summed E-state index contributed by atoms with van der Waals surface area (Å²) in [5, 5.41) is 9.27. The smallest absolute Gasteiger partial charge is 0.415 e. The Balaban J connectivity index is 1.51. The molecule has 1 N–H and O–H groups in total. The molecule has 2 aromatic rings. The van der Waals surface area contributed by atoms with Crippen molar-refractivity contribution in [3.8, 4) is 11.5 Å². The molecule has 1 aliphatic rings. The Bertz CT molecular complexity index is 992. The number of halogens is 1. The van der Waals surface area contributed by atoms with E-state index in [9.17, 15) is 19.1 Å². The van der Waals surface area contributed by atoms with Crippen LogP contribution in [-0.4, -0.2) is 54.5 Å². The van der Waals surface area contributed by atoms with Crippen LogP contribution in [0, 0.1) is 11.7 Å². The van der Waals surface area contributed by atoms with E-state index in [2.05, 4.69) is 0 Å². The topological polar surface area (TPSA) is 85.3 Å². The minimum absolute atomic E-state index is 0.0899. The molecule has 2 aromatic carbocycles. The standard InChI is InChI=1S/C30H40FNO6/c1-2-36-28(29(33)34)22-24-15-17-25(18-16-24)37-21-20-32(19-9-8-12-23-10-4-3-5-11-23)30(35)38-27-14-7-6-13-26(27)31/h6-7,13-18,23,28H,2-5,8-12,19-22H2,1H3,(H,33,34). The summed E-state index contributed by atoms with van der Waals surface area (Å²) in [5.41, 5.74) is 0.825. The van der Waals surface area contributed by atoms with Crippen LogP contribution >= 0.6 is 0 Å². The second kappa shape index (κ2) is 16.0. The van der Waals surface area contributed by atoms with Gasteiger partial charge in [-0.05, 0) is 49.1 Å². The van der Waals surface area contributed by atoms with Gasteiger partial charge >= 0.3 is 12.1 Å². The highest BCUT2D eigenvalue weighted by Gasteiger charge is 2.20. The molecule has 7 nitrogen and oxygen atoms in total. The van der Waals surface area contributed by atoms with Gasteiger partial charge in [0, 0.05) is 19.6 Å². The molecule has 0 spiro atoms. The number of hydrogen-bond donors (Lipinski definition) is 1. The van der Waals surface area contributed by atoms with Crippen molar-refractivity contribution in [2.75, 3.05) is 26.3 Å². The van der Waals surface area contributed by atoms with Gasteiger partial charge in [0.05, 0.1) is 6.54 Å². The molecule has 8 heteroatoms. The first kappa shape index (κ1) is 29.4. The highest BCUT2D eigenvalue weighted by atomic mass is 19.1. The van der Waals surface area contributed by atoms with Crippen molar-refractivity contribution in [3.63, 3.8) is 0 Å². The molecule has 0 heterocycles. The Hall–Kier alpha value is -3.13. The maximum absolute atomic E-state index is 14.0. The van der Waals surface area contributed by atoms with Crippen LogP contribution in [0.25, 0.3) is 0 Å². The minimum Gasteiger partial charge on any atom is -0.492 e. The second-order valence-electron chi connectivity index (χ2n) is 9.76. The van der Waals surface area contributed by atoms with Crippen molar-refractivity contribution < 1.29 is 33.3 Å². The van der Waals surface area contributed by atoms with Crippen LogP contribution in [-0.2, 0) is 16.0 Å². The van der Waals surface area contributed by atoms with Crippen LogP contribution in [0.2, 0.25) is 0 Å². The molecule has 1 atom stereocenters. The number of carbonyl (C=O) groups is 2. The number of carbonyl (C=O) groups excluding carboxylic acids is 1. The van der Waals surface area contributed by atoms with Crippen LogP contribution in [0.4, 0.5) is 9.18 Å². The van der Waals surface area contributed by atoms with E-state index in [-0.39, 0.29) is 18.8 Å². The predicted molar refractivity (Wildman–Crippen MR) is 143 cm³/mol. The molecule has 0 radical (unpaired) electrons. The van der Waals surface area contributed by atoms with Gasteiger partial charge in [-0.3, -0.25) is 0 Å². The quantitative estimate of drug-likeness (QED) is 0.266. The molecular weight excluding hydrogens is 489 g/mol. The first-order chi connectivity index (χ1) is 18.5. The van der Waals surface area contributed by atoms with E-state index in [0.717, 1.165) is 24.3 Å². The molecular formula is C30H40FNO6. The monoisotopic (exact) mass is 529 g/mol. The summed E-state index contributed by atoms with van der Waals surface area (Å²) in [6.45, 7) is 3.14. The zero-order chi connectivity index (χ0) is 27.2. The van der Waals surface area contributed by atoms with Crippen molar-refractivity contribution in [1.29, 1.82) is 0 Å². The number of carboxylic acids is 1. The number of hydrogen-bond acceptors (Lipinski definition) is 5. The number of benzene rings is 2. The third-order valence-electron chi connectivity index (χ3n) is 6.92. The summed E-state index contributed by atoms with van der Waals surface area (Å²) in [7, 11) is 0. The molecule has 38 heavy (non-hydrogen) atoms. The highest BCUT2D eigenvalue weighted by molar-refractivity contribution is 5.72. The number of para-hydroxylation sites is 1. The SMILES string of the molecule is CCOC(Cc1ccc(OCCN(CCCCC2CCCCC2)C(=O)Oc2ccccc2F)cc1)C(=O)O. The van der Waals surface area contributed by atoms with E-state index in [0.29, 0.717) is 25.4 Å². The minimum atomic E-state index is -0.992. The van der Waals surface area contributed by atoms with Gasteiger partial charge < -0.3 is 24.2 Å². The number of ether oxygens (including phenoxy) is 3. The maximum Gasteiger partial charge on any atom is 0.415 e. The predicted octanol–water partition coefficient (Wildman–Crippen LogP) is 6.49. The second-order valence-corrected chi connectivity index (χ2v) is 9.76. The number of unbranched alkanes of at least 4 members (excludes halogenated alkanes) is 1. The molecule has 0 aromatic heterocycles. The summed E-state index contributed by atoms with van der Waals surface area (Å²) in [5.74, 6) is -0.268. The van der Waals surface area contributed by atoms with Crippen molar-refractivity contribution >= 4 is 12.1 Å². The van der Waals surface area contributed by atoms with Gasteiger partial charge in [-0.15, -0.1) is 0 Å². The van der Waals surface area contributed by atoms with E-state index >= 15 is 0 Å². The van der Waals surface area contributed by atoms with E-state index in [1.165, 1.54) is 50.7 Å². The Morgan fingerprint density at radius 3 is 2.45 bits per heavy atom. The van der Waals surface area contributed by atoms with E-state index < -0.39 is 24.0 Å². The zero-order valence-electron chi connectivity index (χ0n) is 22.3. The van der Waals surface area contributed by atoms with Gasteiger partial charge in [0.15, 0.2) is 17.7 Å². The molecule has 1 saturated carbocycles. The normalized spacial score (nSPS) is 14.6. The Kier molecular flexibility index (Phi) is 12.4. The lowest BCUT2D eigenvalue weighted by atomic mass is 9.86. The largest absolute Gasteiger partial charge is 0.492 e. The van der Waals surface area contributed by atoms with Crippen LogP contribution in [0.5, 0.6) is 11.5 Å². The van der Waals surface area contributed by atoms with Crippen molar-refractivity contribution in [3.05, 3.63) is 59.9 Å². The summed E-state index contributed by atoms with van der Waals surface area (Å²) in [4.78, 5) is 25.8. The van der Waals surface area contributed by atoms with Crippen LogP contribution in [0.1, 0.15) is 63.9 Å². The average molecular weight is 530 g/mol. The maximum atomic E-state index is 14.0. The molecule has 0 saturated heterocycles. The van der Waals surface area contributed by atoms with Crippen LogP contribution in [0.15, 0.2) is 48.5 Å². The van der Waals surface area contributed by atoms with Gasteiger partial charge in [-0.2, -0.15) is 0 Å². The first-order valence-corrected chi connectivity index (χ1v) is 13.7. The van der Waals surface area contributed by atoms with Gasteiger partial charge in [0.2, 0.25) is 0 Å². The number of aliphatic carboxylic acids is 1. The Labute approximate surface area is 224 Å². The van der Waals surface area contributed by atoms with Gasteiger partial charge in [-0.1, -0.05) is 69.2 Å². The van der Waals surface area contributed by atoms with E-state index in [1.807, 2.05) is 0 Å². The third-order valence-corrected chi connectivity index (χ3v) is 6.92. The molecule has 3 rings (SSSR count). The number of amides is 1. The lowest BCUT2D eigenvalue weighted by molar-refractivity contribution is -0.149. The summed E-state index contributed by atoms with van der Waals surface area (Å²) < 4.78 is 30.5. The third kappa shape index (κ3) is 9.97. The lowest BCUT2D eigenvalue weighted by Gasteiger charge is -2.24. The van der Waals surface area contributed by atoms with Crippen molar-refractivity contribution in [2.24, 2.45) is 5.92 Å². The fourth-order valence-electron chi connectivity index (χ4n) is 4.82. The molecule has 0 aliphatic heterocycles. The zero-order valence-corrected chi connectivity index (χ0v) is 22.3. The summed E-state index contributed by atoms with van der Waals surface area (Å²) in [6, 6.07) is 13.0.